The lowest BCUT2D eigenvalue weighted by atomic mass is 10.2. The third-order valence-corrected chi connectivity index (χ3v) is 2.75. The number of nitrogens with zero attached hydrogens (tertiary/aromatic N) is 3. The predicted octanol–water partition coefficient (Wildman–Crippen LogP) is 3.54. The van der Waals surface area contributed by atoms with E-state index in [0.717, 1.165) is 5.56 Å². The molecule has 1 aromatic heterocycles. The molecule has 0 fully saturated rings. The average molecular weight is 280 g/mol. The van der Waals surface area contributed by atoms with Crippen molar-refractivity contribution in [2.45, 2.75) is 0 Å². The molecule has 2 rings (SSSR count). The van der Waals surface area contributed by atoms with Gasteiger partial charge in [0.25, 0.3) is 0 Å². The van der Waals surface area contributed by atoms with Crippen molar-refractivity contribution in [2.75, 3.05) is 0 Å². The van der Waals surface area contributed by atoms with Gasteiger partial charge in [0.2, 0.25) is 5.95 Å². The number of hydrogen-bond acceptors (Lipinski definition) is 1. The van der Waals surface area contributed by atoms with Gasteiger partial charge in [-0.2, -0.15) is 4.39 Å². The summed E-state index contributed by atoms with van der Waals surface area (Å²) < 4.78 is 14.9. The minimum atomic E-state index is -0.413. The van der Waals surface area contributed by atoms with Crippen molar-refractivity contribution >= 4 is 21.6 Å². The van der Waals surface area contributed by atoms with Crippen LogP contribution < -0.4 is 0 Å². The van der Waals surface area contributed by atoms with E-state index in [1.54, 1.807) is 31.3 Å². The highest BCUT2D eigenvalue weighted by Gasteiger charge is 2.13. The topological polar surface area (TPSA) is 22.2 Å². The van der Waals surface area contributed by atoms with Gasteiger partial charge in [-0.05, 0) is 15.9 Å². The first kappa shape index (κ1) is 10.8. The highest BCUT2D eigenvalue weighted by molar-refractivity contribution is 9.10. The summed E-state index contributed by atoms with van der Waals surface area (Å²) >= 11 is 3.04. The Bertz CT molecular complexity index is 566. The summed E-state index contributed by atoms with van der Waals surface area (Å²) in [6, 6.07) is 6.87. The molecule has 0 saturated heterocycles. The minimum absolute atomic E-state index is 0.194. The van der Waals surface area contributed by atoms with Gasteiger partial charge in [0.1, 0.15) is 5.82 Å². The highest BCUT2D eigenvalue weighted by atomic mass is 79.9. The zero-order valence-corrected chi connectivity index (χ0v) is 9.99. The summed E-state index contributed by atoms with van der Waals surface area (Å²) in [6.07, 6.45) is 0. The van der Waals surface area contributed by atoms with Gasteiger partial charge in [0.15, 0.2) is 10.3 Å². The van der Waals surface area contributed by atoms with E-state index in [0.29, 0.717) is 11.5 Å². The van der Waals surface area contributed by atoms with Crippen LogP contribution in [0.25, 0.3) is 16.2 Å². The van der Waals surface area contributed by atoms with E-state index in [1.807, 2.05) is 0 Å². The lowest BCUT2D eigenvalue weighted by Crippen LogP contribution is -1.95. The van der Waals surface area contributed by atoms with Crippen molar-refractivity contribution in [1.82, 2.24) is 9.55 Å². The number of aromatic nitrogens is 2. The van der Waals surface area contributed by atoms with Crippen LogP contribution in [0.1, 0.15) is 0 Å². The number of rotatable bonds is 1. The molecule has 0 unspecified atom stereocenters. The monoisotopic (exact) mass is 279 g/mol. The van der Waals surface area contributed by atoms with Crippen LogP contribution in [0.5, 0.6) is 0 Å². The third kappa shape index (κ3) is 1.72. The van der Waals surface area contributed by atoms with Crippen molar-refractivity contribution in [3.63, 3.8) is 0 Å². The summed E-state index contributed by atoms with van der Waals surface area (Å²) in [5.74, 6) is 0.116. The molecule has 0 bridgehead atoms. The second-order valence-corrected chi connectivity index (χ2v) is 3.99. The van der Waals surface area contributed by atoms with Crippen LogP contribution in [0.15, 0.2) is 28.9 Å². The Hall–Kier alpha value is -1.67. The molecule has 0 aliphatic heterocycles. The van der Waals surface area contributed by atoms with Gasteiger partial charge < -0.3 is 4.57 Å². The molecule has 0 spiro atoms. The molecular formula is C11H7BrFN3. The van der Waals surface area contributed by atoms with Crippen LogP contribution in [-0.2, 0) is 7.05 Å². The Kier molecular flexibility index (Phi) is 2.75. The van der Waals surface area contributed by atoms with E-state index in [-0.39, 0.29) is 4.60 Å². The van der Waals surface area contributed by atoms with Gasteiger partial charge in [-0.15, -0.1) is 0 Å². The Morgan fingerprint density at radius 3 is 2.44 bits per heavy atom. The van der Waals surface area contributed by atoms with E-state index in [4.69, 9.17) is 6.57 Å². The number of imidazole rings is 1. The van der Waals surface area contributed by atoms with E-state index < -0.39 is 5.95 Å². The largest absolute Gasteiger partial charge is 0.303 e. The van der Waals surface area contributed by atoms with Gasteiger partial charge in [0, 0.05) is 12.6 Å². The predicted molar refractivity (Wildman–Crippen MR) is 62.6 cm³/mol. The van der Waals surface area contributed by atoms with Crippen molar-refractivity contribution in [3.8, 4) is 11.4 Å². The fourth-order valence-electron chi connectivity index (χ4n) is 1.39. The Morgan fingerprint density at radius 2 is 2.00 bits per heavy atom. The fraction of sp³-hybridized carbons (Fsp3) is 0.0909. The first-order valence-corrected chi connectivity index (χ1v) is 5.28. The molecule has 2 aromatic rings. The summed E-state index contributed by atoms with van der Waals surface area (Å²) in [4.78, 5) is 7.35. The zero-order valence-electron chi connectivity index (χ0n) is 8.41. The Labute approximate surface area is 100 Å². The SMILES string of the molecule is [C-]#[N+]c1ccc(-c2nc(Br)c(F)n2C)cc1. The number of hydrogen-bond donors (Lipinski definition) is 0. The van der Waals surface area contributed by atoms with Gasteiger partial charge >= 0.3 is 0 Å². The molecule has 0 atom stereocenters. The van der Waals surface area contributed by atoms with Crippen molar-refractivity contribution < 1.29 is 4.39 Å². The second-order valence-electron chi connectivity index (χ2n) is 3.23. The molecular weight excluding hydrogens is 273 g/mol. The maximum atomic E-state index is 13.4. The molecule has 1 heterocycles. The second kappa shape index (κ2) is 4.06. The Morgan fingerprint density at radius 1 is 1.38 bits per heavy atom. The standard InChI is InChI=1S/C11H7BrFN3/c1-14-8-5-3-7(4-6-8)11-15-9(12)10(13)16(11)2/h3-6H,2H3. The van der Waals surface area contributed by atoms with Crippen molar-refractivity contribution in [2.24, 2.45) is 7.05 Å². The van der Waals surface area contributed by atoms with Gasteiger partial charge in [-0.3, -0.25) is 0 Å². The highest BCUT2D eigenvalue weighted by Crippen LogP contribution is 2.25. The normalized spacial score (nSPS) is 10.1. The zero-order chi connectivity index (χ0) is 11.7. The van der Waals surface area contributed by atoms with Crippen LogP contribution in [0.4, 0.5) is 10.1 Å². The van der Waals surface area contributed by atoms with Gasteiger partial charge in [-0.1, -0.05) is 24.3 Å². The van der Waals surface area contributed by atoms with Crippen LogP contribution in [0.3, 0.4) is 0 Å². The first-order chi connectivity index (χ1) is 7.63. The summed E-state index contributed by atoms with van der Waals surface area (Å²) in [5, 5.41) is 0. The molecule has 0 N–H and O–H groups in total. The molecule has 80 valence electrons. The first-order valence-electron chi connectivity index (χ1n) is 4.49. The Balaban J connectivity index is 2.51. The smallest absolute Gasteiger partial charge is 0.228 e. The molecule has 5 heteroatoms. The van der Waals surface area contributed by atoms with E-state index >= 15 is 0 Å². The van der Waals surface area contributed by atoms with Crippen LogP contribution in [0.2, 0.25) is 0 Å². The molecule has 0 aliphatic rings. The third-order valence-electron chi connectivity index (χ3n) is 2.24. The van der Waals surface area contributed by atoms with E-state index in [2.05, 4.69) is 25.8 Å². The molecule has 16 heavy (non-hydrogen) atoms. The number of benzene rings is 1. The van der Waals surface area contributed by atoms with Crippen molar-refractivity contribution in [3.05, 3.63) is 46.2 Å². The van der Waals surface area contributed by atoms with Crippen LogP contribution >= 0.6 is 15.9 Å². The minimum Gasteiger partial charge on any atom is -0.303 e. The van der Waals surface area contributed by atoms with E-state index in [1.165, 1.54) is 4.57 Å². The fourth-order valence-corrected chi connectivity index (χ4v) is 1.82. The van der Waals surface area contributed by atoms with Crippen LogP contribution in [-0.4, -0.2) is 9.55 Å². The quantitative estimate of drug-likeness (QED) is 0.732. The maximum Gasteiger partial charge on any atom is 0.228 e. The summed E-state index contributed by atoms with van der Waals surface area (Å²) in [6.45, 7) is 6.84. The summed E-state index contributed by atoms with van der Waals surface area (Å²) in [5.41, 5.74) is 1.33. The lowest BCUT2D eigenvalue weighted by molar-refractivity contribution is 0.532. The van der Waals surface area contributed by atoms with Gasteiger partial charge in [0.05, 0.1) is 6.57 Å². The molecule has 0 saturated carbocycles. The summed E-state index contributed by atoms with van der Waals surface area (Å²) in [7, 11) is 1.60. The lowest BCUT2D eigenvalue weighted by Gasteiger charge is -2.01. The van der Waals surface area contributed by atoms with E-state index in [9.17, 15) is 4.39 Å². The number of halogens is 2. The van der Waals surface area contributed by atoms with Crippen molar-refractivity contribution in [1.29, 1.82) is 0 Å². The van der Waals surface area contributed by atoms with Crippen LogP contribution in [0, 0.1) is 12.5 Å². The molecule has 0 aliphatic carbocycles. The molecule has 1 aromatic carbocycles. The molecule has 0 amide bonds. The molecule has 0 radical (unpaired) electrons. The van der Waals surface area contributed by atoms with Gasteiger partial charge in [-0.25, -0.2) is 9.83 Å². The average Bonchev–Trinajstić information content (AvgIpc) is 2.57. The molecule has 3 nitrogen and oxygen atoms in total. The maximum absolute atomic E-state index is 13.4.